The smallest absolute Gasteiger partial charge is 0.412 e. The first kappa shape index (κ1) is 19.4. The van der Waals surface area contributed by atoms with E-state index in [4.69, 9.17) is 10.5 Å². The molecule has 3 rings (SSSR count). The van der Waals surface area contributed by atoms with Gasteiger partial charge in [0.15, 0.2) is 0 Å². The van der Waals surface area contributed by atoms with Crippen molar-refractivity contribution in [2.75, 3.05) is 23.0 Å². The Balaban J connectivity index is 1.50. The van der Waals surface area contributed by atoms with Gasteiger partial charge in [0.1, 0.15) is 0 Å². The number of nitrogens with zero attached hydrogens (tertiary/aromatic N) is 1. The van der Waals surface area contributed by atoms with E-state index in [0.717, 1.165) is 22.5 Å². The molecule has 0 unspecified atom stereocenters. The van der Waals surface area contributed by atoms with Gasteiger partial charge >= 0.3 is 6.09 Å². The van der Waals surface area contributed by atoms with E-state index in [1.807, 2.05) is 25.1 Å². The molecule has 28 heavy (non-hydrogen) atoms. The highest BCUT2D eigenvalue weighted by molar-refractivity contribution is 7.18. The van der Waals surface area contributed by atoms with Gasteiger partial charge in [-0.15, -0.1) is 11.3 Å². The topological polar surface area (TPSA) is 106 Å². The zero-order valence-electron chi connectivity index (χ0n) is 15.3. The molecule has 0 fully saturated rings. The number of carbonyl (C=O) groups excluding carboxylic acids is 2. The van der Waals surface area contributed by atoms with Crippen molar-refractivity contribution in [1.29, 1.82) is 0 Å². The molecule has 1 aromatic carbocycles. The van der Waals surface area contributed by atoms with Crippen molar-refractivity contribution in [1.82, 2.24) is 4.98 Å². The number of nitrogen functional groups attached to an aromatic ring is 1. The molecule has 0 saturated carbocycles. The molecule has 2 heterocycles. The Labute approximate surface area is 166 Å². The van der Waals surface area contributed by atoms with Crippen molar-refractivity contribution >= 4 is 39.7 Å². The molecule has 8 heteroatoms. The van der Waals surface area contributed by atoms with Crippen LogP contribution in [0.25, 0.3) is 0 Å². The number of hydrogen-bond acceptors (Lipinski definition) is 6. The number of amides is 2. The van der Waals surface area contributed by atoms with Crippen LogP contribution >= 0.6 is 11.3 Å². The van der Waals surface area contributed by atoms with Gasteiger partial charge in [-0.05, 0) is 48.4 Å². The van der Waals surface area contributed by atoms with E-state index in [2.05, 4.69) is 15.6 Å². The maximum atomic E-state index is 12.4. The van der Waals surface area contributed by atoms with Crippen LogP contribution in [0.15, 0.2) is 54.9 Å². The third-order valence-electron chi connectivity index (χ3n) is 3.86. The molecule has 0 bridgehead atoms. The number of nitrogens with two attached hydrogens (primary N) is 1. The van der Waals surface area contributed by atoms with Gasteiger partial charge in [-0.2, -0.15) is 0 Å². The van der Waals surface area contributed by atoms with Crippen LogP contribution in [0.3, 0.4) is 0 Å². The Bertz CT molecular complexity index is 973. The van der Waals surface area contributed by atoms with E-state index in [-0.39, 0.29) is 12.5 Å². The molecule has 0 saturated heterocycles. The molecule has 0 radical (unpaired) electrons. The number of rotatable bonds is 6. The lowest BCUT2D eigenvalue weighted by Crippen LogP contribution is -2.14. The van der Waals surface area contributed by atoms with Gasteiger partial charge in [0.05, 0.1) is 27.9 Å². The standard InChI is InChI=1S/C20H20N4O3S/c1-13-4-5-16(15(21)11-13)23-19(25)17-6-7-18(28-17)24-20(26)27-10-8-14-3-2-9-22-12-14/h2-7,9,11-12H,8,10,21H2,1H3,(H,23,25)(H,24,26). The monoisotopic (exact) mass is 396 g/mol. The van der Waals surface area contributed by atoms with Gasteiger partial charge in [-0.25, -0.2) is 4.79 Å². The van der Waals surface area contributed by atoms with E-state index in [1.54, 1.807) is 36.7 Å². The number of aryl methyl sites for hydroxylation is 1. The molecule has 0 atom stereocenters. The zero-order valence-corrected chi connectivity index (χ0v) is 16.1. The maximum absolute atomic E-state index is 12.4. The SMILES string of the molecule is Cc1ccc(NC(=O)c2ccc(NC(=O)OCCc3cccnc3)s2)c(N)c1. The number of pyridine rings is 1. The molecule has 0 aliphatic heterocycles. The second kappa shape index (κ2) is 9.01. The summed E-state index contributed by atoms with van der Waals surface area (Å²) in [6.45, 7) is 2.16. The Kier molecular flexibility index (Phi) is 6.23. The summed E-state index contributed by atoms with van der Waals surface area (Å²) < 4.78 is 5.15. The van der Waals surface area contributed by atoms with Gasteiger partial charge in [-0.3, -0.25) is 15.1 Å². The molecule has 2 amide bonds. The predicted molar refractivity (Wildman–Crippen MR) is 111 cm³/mol. The highest BCUT2D eigenvalue weighted by Crippen LogP contribution is 2.25. The van der Waals surface area contributed by atoms with Gasteiger partial charge in [-0.1, -0.05) is 12.1 Å². The van der Waals surface area contributed by atoms with Crippen molar-refractivity contribution < 1.29 is 14.3 Å². The predicted octanol–water partition coefficient (Wildman–Crippen LogP) is 4.08. The average Bonchev–Trinajstić information content (AvgIpc) is 3.13. The summed E-state index contributed by atoms with van der Waals surface area (Å²) in [5.74, 6) is -0.293. The fraction of sp³-hybridized carbons (Fsp3) is 0.150. The van der Waals surface area contributed by atoms with Crippen LogP contribution in [0.1, 0.15) is 20.8 Å². The number of thiophene rings is 1. The lowest BCUT2D eigenvalue weighted by Gasteiger charge is -2.07. The number of aromatic nitrogens is 1. The third kappa shape index (κ3) is 5.31. The second-order valence-corrected chi connectivity index (χ2v) is 7.16. The molecule has 4 N–H and O–H groups in total. The highest BCUT2D eigenvalue weighted by Gasteiger charge is 2.13. The third-order valence-corrected chi connectivity index (χ3v) is 4.86. The van der Waals surface area contributed by atoms with Crippen LogP contribution in [0.2, 0.25) is 0 Å². The van der Waals surface area contributed by atoms with Crippen LogP contribution in [-0.2, 0) is 11.2 Å². The lowest BCUT2D eigenvalue weighted by atomic mass is 10.2. The minimum Gasteiger partial charge on any atom is -0.449 e. The highest BCUT2D eigenvalue weighted by atomic mass is 32.1. The quantitative estimate of drug-likeness (QED) is 0.545. The summed E-state index contributed by atoms with van der Waals surface area (Å²) in [5, 5.41) is 5.91. The van der Waals surface area contributed by atoms with E-state index in [9.17, 15) is 9.59 Å². The number of nitrogens with one attached hydrogen (secondary N) is 2. The minimum atomic E-state index is -0.569. The van der Waals surface area contributed by atoms with Crippen LogP contribution < -0.4 is 16.4 Å². The summed E-state index contributed by atoms with van der Waals surface area (Å²) in [6.07, 6.45) is 3.43. The second-order valence-electron chi connectivity index (χ2n) is 6.08. The fourth-order valence-electron chi connectivity index (χ4n) is 2.45. The van der Waals surface area contributed by atoms with E-state index in [1.165, 1.54) is 0 Å². The van der Waals surface area contributed by atoms with Crippen molar-refractivity contribution in [2.24, 2.45) is 0 Å². The molecular formula is C20H20N4O3S. The van der Waals surface area contributed by atoms with Crippen molar-refractivity contribution in [3.05, 3.63) is 70.9 Å². The normalized spacial score (nSPS) is 10.3. The first-order chi connectivity index (χ1) is 13.5. The van der Waals surface area contributed by atoms with Crippen LogP contribution in [0, 0.1) is 6.92 Å². The molecule has 0 aliphatic carbocycles. The van der Waals surface area contributed by atoms with Crippen LogP contribution in [-0.4, -0.2) is 23.6 Å². The largest absolute Gasteiger partial charge is 0.449 e. The van der Waals surface area contributed by atoms with Crippen molar-refractivity contribution in [2.45, 2.75) is 13.3 Å². The molecule has 2 aromatic heterocycles. The van der Waals surface area contributed by atoms with Crippen molar-refractivity contribution in [3.8, 4) is 0 Å². The van der Waals surface area contributed by atoms with Gasteiger partial charge in [0, 0.05) is 18.8 Å². The first-order valence-electron chi connectivity index (χ1n) is 8.61. The number of carbonyl (C=O) groups is 2. The summed E-state index contributed by atoms with van der Waals surface area (Å²) in [6, 6.07) is 12.5. The Morgan fingerprint density at radius 3 is 2.79 bits per heavy atom. The van der Waals surface area contributed by atoms with Gasteiger partial charge in [0.2, 0.25) is 0 Å². The molecule has 7 nitrogen and oxygen atoms in total. The Morgan fingerprint density at radius 1 is 1.18 bits per heavy atom. The summed E-state index contributed by atoms with van der Waals surface area (Å²) >= 11 is 1.15. The van der Waals surface area contributed by atoms with Gasteiger partial charge < -0.3 is 15.8 Å². The summed E-state index contributed by atoms with van der Waals surface area (Å²) in [4.78, 5) is 28.7. The number of benzene rings is 1. The fourth-order valence-corrected chi connectivity index (χ4v) is 3.24. The van der Waals surface area contributed by atoms with Crippen LogP contribution in [0.5, 0.6) is 0 Å². The number of anilines is 3. The van der Waals surface area contributed by atoms with Gasteiger partial charge in [0.25, 0.3) is 5.91 Å². The van der Waals surface area contributed by atoms with E-state index >= 15 is 0 Å². The van der Waals surface area contributed by atoms with Crippen LogP contribution in [0.4, 0.5) is 21.2 Å². The zero-order chi connectivity index (χ0) is 19.9. The number of ether oxygens (including phenoxy) is 1. The summed E-state index contributed by atoms with van der Waals surface area (Å²) in [7, 11) is 0. The summed E-state index contributed by atoms with van der Waals surface area (Å²) in [5.41, 5.74) is 8.97. The molecule has 0 aliphatic rings. The molecule has 0 spiro atoms. The lowest BCUT2D eigenvalue weighted by molar-refractivity contribution is 0.103. The van der Waals surface area contributed by atoms with E-state index in [0.29, 0.717) is 27.7 Å². The van der Waals surface area contributed by atoms with Crippen molar-refractivity contribution in [3.63, 3.8) is 0 Å². The van der Waals surface area contributed by atoms with E-state index < -0.39 is 6.09 Å². The number of hydrogen-bond donors (Lipinski definition) is 3. The minimum absolute atomic E-state index is 0.239. The molecular weight excluding hydrogens is 376 g/mol. The molecule has 3 aromatic rings. The molecule has 144 valence electrons. The maximum Gasteiger partial charge on any atom is 0.412 e. The Hall–Kier alpha value is -3.39. The first-order valence-corrected chi connectivity index (χ1v) is 9.43. The Morgan fingerprint density at radius 2 is 2.04 bits per heavy atom. The average molecular weight is 396 g/mol.